The molecule has 0 aromatic heterocycles. The van der Waals surface area contributed by atoms with E-state index in [1.807, 2.05) is 0 Å². The fourth-order valence-corrected chi connectivity index (χ4v) is 14.2. The molecule has 272 valence electrons. The minimum Gasteiger partial charge on any atom is -0.462 e. The summed E-state index contributed by atoms with van der Waals surface area (Å²) in [6, 6.07) is 0. The standard InChI is InChI=1S/C37H58O7S4/c1-23(38)48-27-21-29-25-16-33(31(29)22-27)35(18-25)42-8-4-12-47-14-6-37(40)44-10-9-43-36(39)5-13-46-11-3-7-41-34-17-24-15-32(34)30-20-26(45-2)19-28(24)30/h24-35H,3-22H2,1-2H3. The zero-order valence-electron chi connectivity index (χ0n) is 29.1. The molecule has 11 heteroatoms. The molecular weight excluding hydrogens is 685 g/mol. The molecule has 0 saturated heterocycles. The molecule has 0 spiro atoms. The quantitative estimate of drug-likeness (QED) is 0.0872. The molecule has 7 nitrogen and oxygen atoms in total. The summed E-state index contributed by atoms with van der Waals surface area (Å²) in [6.45, 7) is 3.56. The molecule has 6 saturated carbocycles. The molecule has 6 aliphatic rings. The zero-order valence-corrected chi connectivity index (χ0v) is 32.3. The molecule has 6 fully saturated rings. The molecule has 6 rings (SSSR count). The topological polar surface area (TPSA) is 88.1 Å². The molecule has 0 N–H and O–H groups in total. The number of thioether (sulfide) groups is 4. The molecule has 48 heavy (non-hydrogen) atoms. The monoisotopic (exact) mass is 742 g/mol. The van der Waals surface area contributed by atoms with Crippen molar-refractivity contribution >= 4 is 64.1 Å². The van der Waals surface area contributed by atoms with Crippen molar-refractivity contribution in [2.45, 2.75) is 107 Å². The van der Waals surface area contributed by atoms with E-state index in [2.05, 4.69) is 18.0 Å². The van der Waals surface area contributed by atoms with Gasteiger partial charge in [-0.1, -0.05) is 11.8 Å². The number of ether oxygens (including phenoxy) is 4. The highest BCUT2D eigenvalue weighted by Gasteiger charge is 2.57. The van der Waals surface area contributed by atoms with Gasteiger partial charge < -0.3 is 18.9 Å². The summed E-state index contributed by atoms with van der Waals surface area (Å²) in [7, 11) is 0. The van der Waals surface area contributed by atoms with Gasteiger partial charge in [0.1, 0.15) is 13.2 Å². The SMILES string of the molecule is CSC1CC2C3CC(OCCCSCCC(=O)OCCOC(=O)CCSCCCOC4CC5CC4C4CC(SC(C)=O)CC54)C(C3)C2C1. The van der Waals surface area contributed by atoms with Crippen molar-refractivity contribution in [1.29, 1.82) is 0 Å². The first-order valence-corrected chi connectivity index (χ1v) is 23.3. The maximum Gasteiger partial charge on any atom is 0.306 e. The van der Waals surface area contributed by atoms with Gasteiger partial charge in [0.25, 0.3) is 0 Å². The van der Waals surface area contributed by atoms with Crippen molar-refractivity contribution in [3.8, 4) is 0 Å². The predicted molar refractivity (Wildman–Crippen MR) is 199 cm³/mol. The molecule has 4 bridgehead atoms. The Morgan fingerprint density at radius 3 is 1.54 bits per heavy atom. The zero-order chi connectivity index (χ0) is 33.5. The normalized spacial score (nSPS) is 37.2. The Labute approximate surface area is 305 Å². The summed E-state index contributed by atoms with van der Waals surface area (Å²) < 4.78 is 23.2. The van der Waals surface area contributed by atoms with Crippen molar-refractivity contribution in [3.05, 3.63) is 0 Å². The minimum absolute atomic E-state index is 0.121. The van der Waals surface area contributed by atoms with Crippen LogP contribution in [0, 0.1) is 47.3 Å². The van der Waals surface area contributed by atoms with E-state index in [4.69, 9.17) is 18.9 Å². The molecule has 0 aromatic carbocycles. The van der Waals surface area contributed by atoms with Crippen molar-refractivity contribution in [1.82, 2.24) is 0 Å². The van der Waals surface area contributed by atoms with Gasteiger partial charge in [-0.15, -0.1) is 0 Å². The van der Waals surface area contributed by atoms with Gasteiger partial charge in [0.15, 0.2) is 5.12 Å². The second-order valence-corrected chi connectivity index (χ2v) is 20.2. The lowest BCUT2D eigenvalue weighted by molar-refractivity contribution is -0.151. The highest BCUT2D eigenvalue weighted by molar-refractivity contribution is 8.14. The third-order valence-corrected chi connectivity index (χ3v) is 16.7. The third kappa shape index (κ3) is 9.87. The molecule has 12 atom stereocenters. The smallest absolute Gasteiger partial charge is 0.306 e. The summed E-state index contributed by atoms with van der Waals surface area (Å²) in [6.07, 6.45) is 16.4. The van der Waals surface area contributed by atoms with Crippen LogP contribution in [-0.2, 0) is 33.3 Å². The Bertz CT molecular complexity index is 1080. The van der Waals surface area contributed by atoms with E-state index in [-0.39, 0.29) is 30.3 Å². The predicted octanol–water partition coefficient (Wildman–Crippen LogP) is 7.38. The van der Waals surface area contributed by atoms with Crippen molar-refractivity contribution in [2.24, 2.45) is 47.3 Å². The van der Waals surface area contributed by atoms with Gasteiger partial charge in [-0.2, -0.15) is 35.3 Å². The van der Waals surface area contributed by atoms with E-state index in [1.165, 1.54) is 51.4 Å². The average Bonchev–Trinajstić information content (AvgIpc) is 3.90. The highest BCUT2D eigenvalue weighted by atomic mass is 32.2. The fourth-order valence-electron chi connectivity index (χ4n) is 10.6. The lowest BCUT2D eigenvalue weighted by Crippen LogP contribution is -2.30. The lowest BCUT2D eigenvalue weighted by atomic mass is 9.80. The third-order valence-electron chi connectivity index (χ3n) is 12.4. The number of hydrogen-bond donors (Lipinski definition) is 0. The summed E-state index contributed by atoms with van der Waals surface area (Å²) in [4.78, 5) is 35.6. The molecule has 0 amide bonds. The van der Waals surface area contributed by atoms with Crippen molar-refractivity contribution in [2.75, 3.05) is 55.7 Å². The molecule has 0 aliphatic heterocycles. The van der Waals surface area contributed by atoms with Crippen LogP contribution in [0.1, 0.15) is 84.0 Å². The van der Waals surface area contributed by atoms with Gasteiger partial charge in [-0.3, -0.25) is 14.4 Å². The van der Waals surface area contributed by atoms with Gasteiger partial charge in [0.2, 0.25) is 0 Å². The average molecular weight is 743 g/mol. The van der Waals surface area contributed by atoms with E-state index < -0.39 is 0 Å². The number of carbonyl (C=O) groups excluding carboxylic acids is 3. The van der Waals surface area contributed by atoms with E-state index in [1.54, 1.807) is 42.2 Å². The van der Waals surface area contributed by atoms with Gasteiger partial charge in [0.05, 0.1) is 25.0 Å². The highest BCUT2D eigenvalue weighted by Crippen LogP contribution is 2.62. The largest absolute Gasteiger partial charge is 0.462 e. The van der Waals surface area contributed by atoms with E-state index in [0.717, 1.165) is 95.7 Å². The van der Waals surface area contributed by atoms with Gasteiger partial charge in [0, 0.05) is 42.1 Å². The number of carbonyl (C=O) groups is 3. The molecule has 12 unspecified atom stereocenters. The summed E-state index contributed by atoms with van der Waals surface area (Å²) in [5.74, 6) is 9.69. The number of hydrogen-bond acceptors (Lipinski definition) is 11. The second kappa shape index (κ2) is 18.6. The Balaban J connectivity index is 0.690. The Morgan fingerprint density at radius 2 is 1.04 bits per heavy atom. The summed E-state index contributed by atoms with van der Waals surface area (Å²) >= 11 is 7.17. The Hall–Kier alpha value is -0.0700. The number of rotatable bonds is 21. The van der Waals surface area contributed by atoms with E-state index in [9.17, 15) is 14.4 Å². The maximum atomic E-state index is 12.1. The number of esters is 2. The van der Waals surface area contributed by atoms with Crippen LogP contribution in [0.5, 0.6) is 0 Å². The van der Waals surface area contributed by atoms with Crippen LogP contribution >= 0.6 is 47.0 Å². The van der Waals surface area contributed by atoms with Crippen LogP contribution in [0.3, 0.4) is 0 Å². The summed E-state index contributed by atoms with van der Waals surface area (Å²) in [5, 5.41) is 1.67. The first-order chi connectivity index (χ1) is 23.4. The molecule has 0 heterocycles. The fraction of sp³-hybridized carbons (Fsp3) is 0.919. The van der Waals surface area contributed by atoms with E-state index in [0.29, 0.717) is 36.2 Å². The van der Waals surface area contributed by atoms with Crippen LogP contribution in [0.2, 0.25) is 0 Å². The molecule has 0 radical (unpaired) electrons. The summed E-state index contributed by atoms with van der Waals surface area (Å²) in [5.41, 5.74) is 0. The van der Waals surface area contributed by atoms with Crippen molar-refractivity contribution in [3.63, 3.8) is 0 Å². The first kappa shape index (κ1) is 37.7. The van der Waals surface area contributed by atoms with Crippen LogP contribution < -0.4 is 0 Å². The molecular formula is C37H58O7S4. The second-order valence-electron chi connectivity index (χ2n) is 15.2. The van der Waals surface area contributed by atoms with Crippen LogP contribution in [-0.4, -0.2) is 95.5 Å². The number of fused-ring (bicyclic) bond motifs is 10. The Kier molecular flexibility index (Phi) is 14.6. The first-order valence-electron chi connectivity index (χ1n) is 18.8. The van der Waals surface area contributed by atoms with Crippen LogP contribution in [0.15, 0.2) is 0 Å². The van der Waals surface area contributed by atoms with Crippen LogP contribution in [0.4, 0.5) is 0 Å². The van der Waals surface area contributed by atoms with Crippen molar-refractivity contribution < 1.29 is 33.3 Å². The van der Waals surface area contributed by atoms with Crippen LogP contribution in [0.25, 0.3) is 0 Å². The van der Waals surface area contributed by atoms with Gasteiger partial charge in [-0.05, 0) is 129 Å². The van der Waals surface area contributed by atoms with Gasteiger partial charge in [-0.25, -0.2) is 0 Å². The Morgan fingerprint density at radius 1 is 0.562 bits per heavy atom. The molecule has 6 aliphatic carbocycles. The minimum atomic E-state index is -0.237. The van der Waals surface area contributed by atoms with E-state index >= 15 is 0 Å². The maximum absolute atomic E-state index is 12.1. The lowest BCUT2D eigenvalue weighted by Gasteiger charge is -2.31. The van der Waals surface area contributed by atoms with Gasteiger partial charge >= 0.3 is 11.9 Å². The molecule has 0 aromatic rings.